The zero-order valence-electron chi connectivity index (χ0n) is 7.10. The summed E-state index contributed by atoms with van der Waals surface area (Å²) in [7, 11) is 0. The lowest BCUT2D eigenvalue weighted by atomic mass is 10.1. The molecule has 0 aliphatic heterocycles. The summed E-state index contributed by atoms with van der Waals surface area (Å²) in [5.74, 6) is 0.704. The third-order valence-corrected chi connectivity index (χ3v) is 1.75. The van der Waals surface area contributed by atoms with Crippen molar-refractivity contribution in [2.75, 3.05) is 0 Å². The van der Waals surface area contributed by atoms with Crippen LogP contribution in [0.1, 0.15) is 33.6 Å². The zero-order chi connectivity index (χ0) is 7.98. The number of hydrogen-bond acceptors (Lipinski definition) is 0. The van der Waals surface area contributed by atoms with Crippen LogP contribution in [0.5, 0.6) is 0 Å². The second-order valence-electron chi connectivity index (χ2n) is 2.83. The molecule has 0 amide bonds. The van der Waals surface area contributed by atoms with Gasteiger partial charge in [0.15, 0.2) is 0 Å². The van der Waals surface area contributed by atoms with Gasteiger partial charge in [-0.1, -0.05) is 32.4 Å². The fourth-order valence-electron chi connectivity index (χ4n) is 0.634. The minimum absolute atomic E-state index is 0.278. The van der Waals surface area contributed by atoms with Gasteiger partial charge >= 0.3 is 0 Å². The van der Waals surface area contributed by atoms with Crippen molar-refractivity contribution < 1.29 is 0 Å². The third kappa shape index (κ3) is 6.15. The molecule has 0 saturated carbocycles. The van der Waals surface area contributed by atoms with Crippen molar-refractivity contribution in [1.29, 1.82) is 0 Å². The first kappa shape index (κ1) is 10.0. The van der Waals surface area contributed by atoms with E-state index in [9.17, 15) is 0 Å². The molecule has 0 aliphatic carbocycles. The molecule has 2 atom stereocenters. The third-order valence-electron chi connectivity index (χ3n) is 1.57. The molecule has 60 valence electrons. The fraction of sp³-hybridized carbons (Fsp3) is 0.778. The summed E-state index contributed by atoms with van der Waals surface area (Å²) >= 11 is 5.75. The highest BCUT2D eigenvalue weighted by Gasteiger charge is 1.92. The number of allylic oxidation sites excluding steroid dienone is 2. The van der Waals surface area contributed by atoms with Crippen molar-refractivity contribution in [3.05, 3.63) is 12.2 Å². The van der Waals surface area contributed by atoms with E-state index in [2.05, 4.69) is 26.0 Å². The maximum atomic E-state index is 5.75. The highest BCUT2D eigenvalue weighted by atomic mass is 35.5. The summed E-state index contributed by atoms with van der Waals surface area (Å²) in [5.41, 5.74) is 0. The molecule has 0 aromatic carbocycles. The first-order chi connectivity index (χ1) is 4.66. The van der Waals surface area contributed by atoms with Crippen molar-refractivity contribution in [3.63, 3.8) is 0 Å². The predicted molar refractivity (Wildman–Crippen MR) is 48.5 cm³/mol. The summed E-state index contributed by atoms with van der Waals surface area (Å²) in [5, 5.41) is 0.278. The lowest BCUT2D eigenvalue weighted by Crippen LogP contribution is -1.88. The van der Waals surface area contributed by atoms with Crippen molar-refractivity contribution in [2.45, 2.75) is 39.0 Å². The van der Waals surface area contributed by atoms with Gasteiger partial charge in [0.05, 0.1) is 0 Å². The molecule has 10 heavy (non-hydrogen) atoms. The van der Waals surface area contributed by atoms with Gasteiger partial charge in [-0.05, 0) is 19.3 Å². The Hall–Kier alpha value is 0.0300. The smallest absolute Gasteiger partial charge is 0.0342 e. The van der Waals surface area contributed by atoms with Crippen LogP contribution in [0.25, 0.3) is 0 Å². The Balaban J connectivity index is 3.36. The summed E-state index contributed by atoms with van der Waals surface area (Å²) in [6, 6.07) is 0. The Kier molecular flexibility index (Phi) is 5.81. The van der Waals surface area contributed by atoms with Crippen LogP contribution in [0, 0.1) is 5.92 Å². The van der Waals surface area contributed by atoms with E-state index in [1.165, 1.54) is 6.42 Å². The maximum absolute atomic E-state index is 5.75. The molecule has 0 aliphatic rings. The van der Waals surface area contributed by atoms with Crippen LogP contribution in [0.2, 0.25) is 0 Å². The molecular formula is C9H17Cl. The Labute approximate surface area is 69.3 Å². The molecule has 0 saturated heterocycles. The first-order valence-corrected chi connectivity index (χ1v) is 4.41. The Bertz CT molecular complexity index is 94.9. The van der Waals surface area contributed by atoms with E-state index in [-0.39, 0.29) is 5.38 Å². The Morgan fingerprint density at radius 1 is 1.40 bits per heavy atom. The van der Waals surface area contributed by atoms with Gasteiger partial charge in [-0.25, -0.2) is 0 Å². The van der Waals surface area contributed by atoms with Crippen LogP contribution in [0.15, 0.2) is 12.2 Å². The van der Waals surface area contributed by atoms with Gasteiger partial charge in [0.25, 0.3) is 0 Å². The average molecular weight is 161 g/mol. The molecule has 0 aromatic heterocycles. The second-order valence-corrected chi connectivity index (χ2v) is 3.58. The molecule has 0 N–H and O–H groups in total. The normalized spacial score (nSPS) is 17.6. The van der Waals surface area contributed by atoms with Crippen molar-refractivity contribution in [1.82, 2.24) is 0 Å². The average Bonchev–Trinajstić information content (AvgIpc) is 1.87. The van der Waals surface area contributed by atoms with Gasteiger partial charge < -0.3 is 0 Å². The highest BCUT2D eigenvalue weighted by molar-refractivity contribution is 6.20. The van der Waals surface area contributed by atoms with E-state index in [0.29, 0.717) is 5.92 Å². The Morgan fingerprint density at radius 2 is 2.00 bits per heavy atom. The minimum atomic E-state index is 0.278. The summed E-state index contributed by atoms with van der Waals surface area (Å²) in [6.07, 6.45) is 6.61. The number of halogens is 1. The molecule has 0 nitrogen and oxygen atoms in total. The largest absolute Gasteiger partial charge is 0.123 e. The van der Waals surface area contributed by atoms with Crippen LogP contribution in [0.4, 0.5) is 0 Å². The maximum Gasteiger partial charge on any atom is 0.0342 e. The molecule has 2 unspecified atom stereocenters. The Morgan fingerprint density at radius 3 is 2.40 bits per heavy atom. The number of hydrogen-bond donors (Lipinski definition) is 0. The second kappa shape index (κ2) is 5.79. The molecule has 0 fully saturated rings. The topological polar surface area (TPSA) is 0 Å². The van der Waals surface area contributed by atoms with E-state index in [4.69, 9.17) is 11.6 Å². The quantitative estimate of drug-likeness (QED) is 0.436. The lowest BCUT2D eigenvalue weighted by molar-refractivity contribution is 0.694. The fourth-order valence-corrected chi connectivity index (χ4v) is 0.737. The standard InChI is InChI=1S/C9H17Cl/c1-4-8(2)6-5-7-9(3)10/h5-6,8-9H,4,7H2,1-3H3. The molecule has 0 aromatic rings. The zero-order valence-corrected chi connectivity index (χ0v) is 7.86. The van der Waals surface area contributed by atoms with Crippen LogP contribution in [0.3, 0.4) is 0 Å². The molecular weight excluding hydrogens is 144 g/mol. The van der Waals surface area contributed by atoms with E-state index >= 15 is 0 Å². The van der Waals surface area contributed by atoms with Gasteiger partial charge in [-0.2, -0.15) is 0 Å². The summed E-state index contributed by atoms with van der Waals surface area (Å²) in [4.78, 5) is 0. The van der Waals surface area contributed by atoms with Crippen LogP contribution < -0.4 is 0 Å². The summed E-state index contributed by atoms with van der Waals surface area (Å²) in [6.45, 7) is 6.43. The molecule has 1 heteroatoms. The van der Waals surface area contributed by atoms with Gasteiger partial charge in [-0.15, -0.1) is 11.6 Å². The van der Waals surface area contributed by atoms with Crippen molar-refractivity contribution in [3.8, 4) is 0 Å². The van der Waals surface area contributed by atoms with E-state index in [1.807, 2.05) is 6.92 Å². The van der Waals surface area contributed by atoms with Crippen LogP contribution in [-0.2, 0) is 0 Å². The van der Waals surface area contributed by atoms with Gasteiger partial charge in [0, 0.05) is 5.38 Å². The van der Waals surface area contributed by atoms with Crippen molar-refractivity contribution >= 4 is 11.6 Å². The highest BCUT2D eigenvalue weighted by Crippen LogP contribution is 2.05. The van der Waals surface area contributed by atoms with E-state index in [0.717, 1.165) is 6.42 Å². The van der Waals surface area contributed by atoms with Crippen LogP contribution >= 0.6 is 11.6 Å². The molecule has 0 bridgehead atoms. The van der Waals surface area contributed by atoms with E-state index < -0.39 is 0 Å². The lowest BCUT2D eigenvalue weighted by Gasteiger charge is -1.99. The van der Waals surface area contributed by atoms with Gasteiger partial charge in [-0.3, -0.25) is 0 Å². The predicted octanol–water partition coefficient (Wildman–Crippen LogP) is 3.61. The summed E-state index contributed by atoms with van der Waals surface area (Å²) < 4.78 is 0. The number of alkyl halides is 1. The number of rotatable bonds is 4. The molecule has 0 heterocycles. The molecule has 0 radical (unpaired) electrons. The monoisotopic (exact) mass is 160 g/mol. The van der Waals surface area contributed by atoms with E-state index in [1.54, 1.807) is 0 Å². The molecule has 0 rings (SSSR count). The SMILES string of the molecule is CCC(C)C=CCC(C)Cl. The van der Waals surface area contributed by atoms with Gasteiger partial charge in [0.1, 0.15) is 0 Å². The minimum Gasteiger partial charge on any atom is -0.123 e. The van der Waals surface area contributed by atoms with Gasteiger partial charge in [0.2, 0.25) is 0 Å². The van der Waals surface area contributed by atoms with Crippen molar-refractivity contribution in [2.24, 2.45) is 5.92 Å². The molecule has 0 spiro atoms. The first-order valence-electron chi connectivity index (χ1n) is 3.97. The van der Waals surface area contributed by atoms with Crippen LogP contribution in [-0.4, -0.2) is 5.38 Å².